The molecule has 0 aromatic carbocycles. The van der Waals surface area contributed by atoms with Crippen LogP contribution in [-0.2, 0) is 0 Å². The second kappa shape index (κ2) is 5.01. The van der Waals surface area contributed by atoms with E-state index in [0.29, 0.717) is 11.7 Å². The van der Waals surface area contributed by atoms with Crippen LogP contribution in [0.3, 0.4) is 0 Å². The fourth-order valence-electron chi connectivity index (χ4n) is 2.20. The Bertz CT molecular complexity index is 353. The molecule has 16 heavy (non-hydrogen) atoms. The van der Waals surface area contributed by atoms with Crippen molar-refractivity contribution in [3.8, 4) is 0 Å². The van der Waals surface area contributed by atoms with E-state index in [1.54, 1.807) is 0 Å². The molecule has 2 atom stereocenters. The van der Waals surface area contributed by atoms with E-state index in [1.165, 1.54) is 18.0 Å². The number of hydrogen-bond donors (Lipinski definition) is 3. The van der Waals surface area contributed by atoms with E-state index >= 15 is 0 Å². The average molecular weight is 241 g/mol. The number of aromatic nitrogens is 1. The van der Waals surface area contributed by atoms with Crippen molar-refractivity contribution in [2.75, 3.05) is 17.6 Å². The zero-order valence-electron chi connectivity index (χ0n) is 9.57. The summed E-state index contributed by atoms with van der Waals surface area (Å²) in [4.78, 5) is 0. The molecular formula is C11H19N3OS. The van der Waals surface area contributed by atoms with Crippen molar-refractivity contribution in [2.45, 2.75) is 38.7 Å². The van der Waals surface area contributed by atoms with Gasteiger partial charge in [-0.25, -0.2) is 0 Å². The van der Waals surface area contributed by atoms with E-state index in [4.69, 9.17) is 5.73 Å². The van der Waals surface area contributed by atoms with Crippen molar-refractivity contribution in [2.24, 2.45) is 5.92 Å². The molecule has 0 amide bonds. The molecule has 1 saturated carbocycles. The minimum absolute atomic E-state index is 0.104. The Morgan fingerprint density at radius 2 is 2.38 bits per heavy atom. The number of nitrogens with two attached hydrogens (primary N) is 1. The third-order valence-electron chi connectivity index (χ3n) is 3.27. The second-order valence-electron chi connectivity index (χ2n) is 4.59. The van der Waals surface area contributed by atoms with Crippen molar-refractivity contribution in [1.29, 1.82) is 0 Å². The number of rotatable bonds is 3. The quantitative estimate of drug-likeness (QED) is 0.757. The fourth-order valence-corrected chi connectivity index (χ4v) is 2.91. The van der Waals surface area contributed by atoms with Crippen molar-refractivity contribution in [3.63, 3.8) is 0 Å². The Kier molecular flexibility index (Phi) is 3.66. The topological polar surface area (TPSA) is 71.2 Å². The monoisotopic (exact) mass is 241 g/mol. The third-order valence-corrected chi connectivity index (χ3v) is 4.19. The second-order valence-corrected chi connectivity index (χ2v) is 5.36. The van der Waals surface area contributed by atoms with Gasteiger partial charge in [-0.3, -0.25) is 0 Å². The maximum Gasteiger partial charge on any atom is 0.142 e. The zero-order chi connectivity index (χ0) is 11.5. The first-order valence-electron chi connectivity index (χ1n) is 5.80. The largest absolute Gasteiger partial charge is 0.393 e. The van der Waals surface area contributed by atoms with Gasteiger partial charge in [0.2, 0.25) is 0 Å². The summed E-state index contributed by atoms with van der Waals surface area (Å²) in [6.45, 7) is 2.90. The molecule has 2 rings (SSSR count). The number of aliphatic hydroxyl groups excluding tert-OH is 1. The molecule has 1 aliphatic rings. The summed E-state index contributed by atoms with van der Waals surface area (Å²) in [6, 6.07) is 0. The Labute approximate surface area is 100 Å². The molecule has 1 aliphatic carbocycles. The van der Waals surface area contributed by atoms with Gasteiger partial charge in [-0.1, -0.05) is 6.42 Å². The molecule has 1 fully saturated rings. The highest BCUT2D eigenvalue weighted by molar-refractivity contribution is 7.10. The van der Waals surface area contributed by atoms with Crippen molar-refractivity contribution in [3.05, 3.63) is 5.56 Å². The SMILES string of the molecule is Cc1c(N)nsc1NCC1CCCC(O)C1. The smallest absolute Gasteiger partial charge is 0.142 e. The lowest BCUT2D eigenvalue weighted by atomic mass is 9.87. The number of nitrogens with zero attached hydrogens (tertiary/aromatic N) is 1. The zero-order valence-corrected chi connectivity index (χ0v) is 10.4. The Hall–Kier alpha value is -0.810. The lowest BCUT2D eigenvalue weighted by Crippen LogP contribution is -2.24. The average Bonchev–Trinajstić information content (AvgIpc) is 2.57. The number of nitrogen functional groups attached to an aromatic ring is 1. The van der Waals surface area contributed by atoms with Gasteiger partial charge in [0.05, 0.1) is 6.10 Å². The summed E-state index contributed by atoms with van der Waals surface area (Å²) in [5, 5.41) is 14.0. The van der Waals surface area contributed by atoms with Crippen LogP contribution in [0.4, 0.5) is 10.8 Å². The maximum atomic E-state index is 9.58. The van der Waals surface area contributed by atoms with Crippen LogP contribution in [0.25, 0.3) is 0 Å². The summed E-state index contributed by atoms with van der Waals surface area (Å²) >= 11 is 1.42. The van der Waals surface area contributed by atoms with E-state index in [2.05, 4.69) is 9.69 Å². The van der Waals surface area contributed by atoms with Crippen LogP contribution < -0.4 is 11.1 Å². The molecule has 2 unspecified atom stereocenters. The van der Waals surface area contributed by atoms with Crippen LogP contribution >= 0.6 is 11.5 Å². The number of anilines is 2. The first-order chi connectivity index (χ1) is 7.66. The lowest BCUT2D eigenvalue weighted by Gasteiger charge is -2.26. The molecule has 5 heteroatoms. The summed E-state index contributed by atoms with van der Waals surface area (Å²) < 4.78 is 4.10. The summed E-state index contributed by atoms with van der Waals surface area (Å²) in [5.74, 6) is 1.20. The van der Waals surface area contributed by atoms with Gasteiger partial charge in [-0.05, 0) is 43.6 Å². The molecule has 0 saturated heterocycles. The molecule has 0 aliphatic heterocycles. The first-order valence-corrected chi connectivity index (χ1v) is 6.58. The number of aliphatic hydroxyl groups is 1. The molecule has 90 valence electrons. The molecule has 0 spiro atoms. The number of hydrogen-bond acceptors (Lipinski definition) is 5. The maximum absolute atomic E-state index is 9.58. The minimum Gasteiger partial charge on any atom is -0.393 e. The fraction of sp³-hybridized carbons (Fsp3) is 0.727. The van der Waals surface area contributed by atoms with Gasteiger partial charge in [-0.2, -0.15) is 4.37 Å². The predicted molar refractivity (Wildman–Crippen MR) is 67.7 cm³/mol. The highest BCUT2D eigenvalue weighted by atomic mass is 32.1. The van der Waals surface area contributed by atoms with Crippen LogP contribution in [-0.4, -0.2) is 22.1 Å². The van der Waals surface area contributed by atoms with E-state index in [0.717, 1.165) is 36.4 Å². The number of nitrogens with one attached hydrogen (secondary N) is 1. The van der Waals surface area contributed by atoms with Gasteiger partial charge in [0, 0.05) is 12.1 Å². The van der Waals surface area contributed by atoms with Crippen LogP contribution in [0, 0.1) is 12.8 Å². The predicted octanol–water partition coefficient (Wildman–Crippen LogP) is 2.00. The third kappa shape index (κ3) is 2.65. The highest BCUT2D eigenvalue weighted by Crippen LogP contribution is 2.28. The van der Waals surface area contributed by atoms with E-state index in [-0.39, 0.29) is 6.10 Å². The highest BCUT2D eigenvalue weighted by Gasteiger charge is 2.20. The first kappa shape index (κ1) is 11.7. The molecular weight excluding hydrogens is 222 g/mol. The van der Waals surface area contributed by atoms with Gasteiger partial charge < -0.3 is 16.2 Å². The summed E-state index contributed by atoms with van der Waals surface area (Å²) in [7, 11) is 0. The van der Waals surface area contributed by atoms with Crippen molar-refractivity contribution >= 4 is 22.4 Å². The van der Waals surface area contributed by atoms with Gasteiger partial charge in [-0.15, -0.1) is 0 Å². The van der Waals surface area contributed by atoms with Gasteiger partial charge in [0.15, 0.2) is 0 Å². The molecule has 1 aromatic heterocycles. The van der Waals surface area contributed by atoms with Crippen molar-refractivity contribution in [1.82, 2.24) is 4.37 Å². The molecule has 0 radical (unpaired) electrons. The lowest BCUT2D eigenvalue weighted by molar-refractivity contribution is 0.105. The molecule has 4 N–H and O–H groups in total. The summed E-state index contributed by atoms with van der Waals surface area (Å²) in [5.41, 5.74) is 6.73. The van der Waals surface area contributed by atoms with Crippen LogP contribution in [0.5, 0.6) is 0 Å². The van der Waals surface area contributed by atoms with E-state index < -0.39 is 0 Å². The Balaban J connectivity index is 1.85. The van der Waals surface area contributed by atoms with Crippen LogP contribution in [0.1, 0.15) is 31.2 Å². The van der Waals surface area contributed by atoms with Crippen LogP contribution in [0.15, 0.2) is 0 Å². The molecule has 4 nitrogen and oxygen atoms in total. The molecule has 1 heterocycles. The van der Waals surface area contributed by atoms with Crippen LogP contribution in [0.2, 0.25) is 0 Å². The van der Waals surface area contributed by atoms with Gasteiger partial charge >= 0.3 is 0 Å². The normalized spacial score (nSPS) is 25.6. The molecule has 1 aromatic rings. The van der Waals surface area contributed by atoms with E-state index in [1.807, 2.05) is 6.92 Å². The van der Waals surface area contributed by atoms with E-state index in [9.17, 15) is 5.11 Å². The molecule has 0 bridgehead atoms. The van der Waals surface area contributed by atoms with Crippen molar-refractivity contribution < 1.29 is 5.11 Å². The van der Waals surface area contributed by atoms with Gasteiger partial charge in [0.25, 0.3) is 0 Å². The standard InChI is InChI=1S/C11H19N3OS/c1-7-10(12)14-16-11(7)13-6-8-3-2-4-9(15)5-8/h8-9,13,15H,2-6H2,1H3,(H2,12,14). The van der Waals surface area contributed by atoms with Gasteiger partial charge in [0.1, 0.15) is 10.8 Å². The summed E-state index contributed by atoms with van der Waals surface area (Å²) in [6.07, 6.45) is 4.12. The Morgan fingerprint density at radius 3 is 3.00 bits per heavy atom. The minimum atomic E-state index is -0.104. The Morgan fingerprint density at radius 1 is 1.56 bits per heavy atom.